The van der Waals surface area contributed by atoms with Gasteiger partial charge in [0.2, 0.25) is 0 Å². The van der Waals surface area contributed by atoms with Gasteiger partial charge in [0.15, 0.2) is 0 Å². The average Bonchev–Trinajstić information content (AvgIpc) is 2.80. The Morgan fingerprint density at radius 1 is 1.27 bits per heavy atom. The summed E-state index contributed by atoms with van der Waals surface area (Å²) < 4.78 is 5.51. The normalized spacial score (nSPS) is 10.2. The van der Waals surface area contributed by atoms with Crippen molar-refractivity contribution in [2.24, 2.45) is 0 Å². The van der Waals surface area contributed by atoms with Crippen molar-refractivity contribution in [2.75, 3.05) is 6.61 Å². The van der Waals surface area contributed by atoms with Crippen molar-refractivity contribution in [3.05, 3.63) is 35.2 Å². The van der Waals surface area contributed by atoms with Crippen LogP contribution in [-0.2, 0) is 0 Å². The van der Waals surface area contributed by atoms with Gasteiger partial charge in [-0.05, 0) is 30.7 Å². The van der Waals surface area contributed by atoms with Gasteiger partial charge in [-0.25, -0.2) is 4.98 Å². The highest BCUT2D eigenvalue weighted by molar-refractivity contribution is 7.07. The predicted molar refractivity (Wildman–Crippen MR) is 63.3 cm³/mol. The molecule has 0 saturated carbocycles. The Bertz CT molecular complexity index is 394. The van der Waals surface area contributed by atoms with Crippen LogP contribution in [0.15, 0.2) is 35.2 Å². The minimum atomic E-state index is 0.774. The molecular formula is C12H13NOS. The van der Waals surface area contributed by atoms with Crippen LogP contribution in [0.4, 0.5) is 0 Å². The van der Waals surface area contributed by atoms with Crippen LogP contribution in [0.2, 0.25) is 0 Å². The summed E-state index contributed by atoms with van der Waals surface area (Å²) in [6, 6.07) is 8.06. The molecule has 0 unspecified atom stereocenters. The van der Waals surface area contributed by atoms with Crippen molar-refractivity contribution in [1.29, 1.82) is 0 Å². The lowest BCUT2D eigenvalue weighted by atomic mass is 10.2. The van der Waals surface area contributed by atoms with Crippen LogP contribution >= 0.6 is 11.3 Å². The number of ether oxygens (including phenoxy) is 1. The van der Waals surface area contributed by atoms with E-state index in [9.17, 15) is 0 Å². The Hall–Kier alpha value is -1.35. The Morgan fingerprint density at radius 2 is 2.07 bits per heavy atom. The molecule has 0 fully saturated rings. The Balaban J connectivity index is 2.11. The van der Waals surface area contributed by atoms with E-state index in [1.54, 1.807) is 11.3 Å². The second kappa shape index (κ2) is 4.94. The van der Waals surface area contributed by atoms with Crippen LogP contribution in [0.5, 0.6) is 5.75 Å². The van der Waals surface area contributed by atoms with Gasteiger partial charge >= 0.3 is 0 Å². The van der Waals surface area contributed by atoms with Crippen LogP contribution in [0.3, 0.4) is 0 Å². The van der Waals surface area contributed by atoms with Crippen molar-refractivity contribution in [3.8, 4) is 17.0 Å². The molecule has 0 saturated heterocycles. The van der Waals surface area contributed by atoms with Crippen molar-refractivity contribution in [1.82, 2.24) is 4.98 Å². The zero-order chi connectivity index (χ0) is 10.5. The van der Waals surface area contributed by atoms with E-state index in [1.807, 2.05) is 35.2 Å². The topological polar surface area (TPSA) is 22.1 Å². The van der Waals surface area contributed by atoms with Gasteiger partial charge in [-0.2, -0.15) is 0 Å². The Kier molecular flexibility index (Phi) is 3.35. The molecule has 2 nitrogen and oxygen atoms in total. The van der Waals surface area contributed by atoms with Crippen LogP contribution < -0.4 is 4.74 Å². The van der Waals surface area contributed by atoms with Gasteiger partial charge in [0.25, 0.3) is 0 Å². The lowest BCUT2D eigenvalue weighted by molar-refractivity contribution is 0.317. The van der Waals surface area contributed by atoms with E-state index < -0.39 is 0 Å². The van der Waals surface area contributed by atoms with Crippen LogP contribution in [0.25, 0.3) is 11.3 Å². The third-order valence-corrected chi connectivity index (χ3v) is 2.64. The third kappa shape index (κ3) is 2.57. The molecule has 15 heavy (non-hydrogen) atoms. The summed E-state index contributed by atoms with van der Waals surface area (Å²) in [7, 11) is 0. The molecule has 3 heteroatoms. The lowest BCUT2D eigenvalue weighted by Gasteiger charge is -2.04. The molecule has 78 valence electrons. The quantitative estimate of drug-likeness (QED) is 0.783. The standard InChI is InChI=1S/C12H13NOS/c1-2-7-14-11-5-3-10(4-6-11)12-8-15-9-13-12/h3-6,8-9H,2,7H2,1H3. The summed E-state index contributed by atoms with van der Waals surface area (Å²) in [6.07, 6.45) is 1.04. The predicted octanol–water partition coefficient (Wildman–Crippen LogP) is 3.60. The molecule has 0 aliphatic heterocycles. The molecule has 0 amide bonds. The van der Waals surface area contributed by atoms with Gasteiger partial charge in [0, 0.05) is 10.9 Å². The first-order valence-electron chi connectivity index (χ1n) is 5.01. The fraction of sp³-hybridized carbons (Fsp3) is 0.250. The summed E-state index contributed by atoms with van der Waals surface area (Å²) in [5, 5.41) is 2.04. The first-order valence-corrected chi connectivity index (χ1v) is 5.96. The highest BCUT2D eigenvalue weighted by Crippen LogP contribution is 2.21. The van der Waals surface area contributed by atoms with Gasteiger partial charge in [-0.15, -0.1) is 11.3 Å². The average molecular weight is 219 g/mol. The summed E-state index contributed by atoms with van der Waals surface area (Å²) in [5.74, 6) is 0.927. The number of thiazole rings is 1. The molecule has 2 aromatic rings. The number of nitrogens with zero attached hydrogens (tertiary/aromatic N) is 1. The van der Waals surface area contributed by atoms with E-state index in [-0.39, 0.29) is 0 Å². The van der Waals surface area contributed by atoms with Crippen LogP contribution in [-0.4, -0.2) is 11.6 Å². The largest absolute Gasteiger partial charge is 0.494 e. The Labute approximate surface area is 93.6 Å². The molecule has 0 atom stereocenters. The number of aromatic nitrogens is 1. The third-order valence-electron chi connectivity index (χ3n) is 2.06. The molecule has 0 radical (unpaired) electrons. The second-order valence-electron chi connectivity index (χ2n) is 3.25. The van der Waals surface area contributed by atoms with Crippen molar-refractivity contribution in [3.63, 3.8) is 0 Å². The summed E-state index contributed by atoms with van der Waals surface area (Å²) in [5.41, 5.74) is 4.01. The van der Waals surface area contributed by atoms with E-state index >= 15 is 0 Å². The van der Waals surface area contributed by atoms with Gasteiger partial charge in [-0.1, -0.05) is 6.92 Å². The van der Waals surface area contributed by atoms with E-state index in [0.29, 0.717) is 0 Å². The summed E-state index contributed by atoms with van der Waals surface area (Å²) >= 11 is 1.61. The molecule has 0 aliphatic rings. The number of hydrogen-bond acceptors (Lipinski definition) is 3. The SMILES string of the molecule is CCCOc1ccc(-c2cscn2)cc1. The van der Waals surface area contributed by atoms with Gasteiger partial charge in [-0.3, -0.25) is 0 Å². The van der Waals surface area contributed by atoms with Crippen LogP contribution in [0.1, 0.15) is 13.3 Å². The van der Waals surface area contributed by atoms with E-state index in [2.05, 4.69) is 11.9 Å². The van der Waals surface area contributed by atoms with E-state index in [4.69, 9.17) is 4.74 Å². The zero-order valence-electron chi connectivity index (χ0n) is 8.64. The van der Waals surface area contributed by atoms with Crippen molar-refractivity contribution < 1.29 is 4.74 Å². The summed E-state index contributed by atoms with van der Waals surface area (Å²) in [6.45, 7) is 2.87. The minimum absolute atomic E-state index is 0.774. The summed E-state index contributed by atoms with van der Waals surface area (Å²) in [4.78, 5) is 4.26. The lowest BCUT2D eigenvalue weighted by Crippen LogP contribution is -1.94. The molecule has 0 N–H and O–H groups in total. The molecule has 1 heterocycles. The van der Waals surface area contributed by atoms with Crippen molar-refractivity contribution in [2.45, 2.75) is 13.3 Å². The highest BCUT2D eigenvalue weighted by Gasteiger charge is 1.99. The fourth-order valence-corrected chi connectivity index (χ4v) is 1.86. The molecule has 0 aliphatic carbocycles. The maximum atomic E-state index is 5.51. The molecule has 0 bridgehead atoms. The molecule has 2 rings (SSSR count). The highest BCUT2D eigenvalue weighted by atomic mass is 32.1. The van der Waals surface area contributed by atoms with Gasteiger partial charge < -0.3 is 4.74 Å². The monoisotopic (exact) mass is 219 g/mol. The smallest absolute Gasteiger partial charge is 0.119 e. The maximum Gasteiger partial charge on any atom is 0.119 e. The van der Waals surface area contributed by atoms with Crippen molar-refractivity contribution >= 4 is 11.3 Å². The first-order chi connectivity index (χ1) is 7.40. The van der Waals surface area contributed by atoms with Gasteiger partial charge in [0.05, 0.1) is 17.8 Å². The molecular weight excluding hydrogens is 206 g/mol. The number of rotatable bonds is 4. The molecule has 0 spiro atoms. The number of hydrogen-bond donors (Lipinski definition) is 0. The first kappa shape index (κ1) is 10.2. The molecule has 1 aromatic heterocycles. The second-order valence-corrected chi connectivity index (χ2v) is 3.97. The van der Waals surface area contributed by atoms with E-state index in [0.717, 1.165) is 30.0 Å². The Morgan fingerprint density at radius 3 is 2.67 bits per heavy atom. The minimum Gasteiger partial charge on any atom is -0.494 e. The molecule has 1 aromatic carbocycles. The van der Waals surface area contributed by atoms with E-state index in [1.165, 1.54) is 0 Å². The van der Waals surface area contributed by atoms with Crippen LogP contribution in [0, 0.1) is 0 Å². The number of benzene rings is 1. The fourth-order valence-electron chi connectivity index (χ4n) is 1.30. The zero-order valence-corrected chi connectivity index (χ0v) is 9.46. The maximum absolute atomic E-state index is 5.51. The van der Waals surface area contributed by atoms with Gasteiger partial charge in [0.1, 0.15) is 5.75 Å².